The van der Waals surface area contributed by atoms with Crippen LogP contribution in [-0.2, 0) is 0 Å². The number of aryl methyl sites for hydroxylation is 1. The third kappa shape index (κ3) is 3.73. The topological polar surface area (TPSA) is 81.9 Å². The molecule has 3 N–H and O–H groups in total. The van der Waals surface area contributed by atoms with Crippen molar-refractivity contribution < 1.29 is 15.0 Å². The number of hydrogen-bond acceptors (Lipinski definition) is 4. The summed E-state index contributed by atoms with van der Waals surface area (Å²) in [6, 6.07) is 9.75. The maximum Gasteiger partial charge on any atom is 0.271 e. The number of rotatable bonds is 3. The molecular weight excluding hydrogens is 292 g/mol. The number of nitrogens with zero attached hydrogens (tertiary/aromatic N) is 1. The van der Waals surface area contributed by atoms with E-state index < -0.39 is 5.75 Å². The van der Waals surface area contributed by atoms with Crippen molar-refractivity contribution in [3.05, 3.63) is 58.1 Å². The van der Waals surface area contributed by atoms with Gasteiger partial charge in [0.1, 0.15) is 0 Å². The number of phenols is 2. The van der Waals surface area contributed by atoms with E-state index in [1.165, 1.54) is 18.3 Å². The Morgan fingerprint density at radius 2 is 1.90 bits per heavy atom. The highest BCUT2D eigenvalue weighted by Gasteiger charge is 2.06. The van der Waals surface area contributed by atoms with E-state index >= 15 is 0 Å². The molecule has 0 atom stereocenters. The molecule has 1 amide bonds. The van der Waals surface area contributed by atoms with E-state index in [0.29, 0.717) is 11.1 Å². The summed E-state index contributed by atoms with van der Waals surface area (Å²) in [5.74, 6) is -1.09. The Bertz CT molecular complexity index is 674. The van der Waals surface area contributed by atoms with Crippen LogP contribution in [0.2, 0.25) is 5.02 Å². The molecule has 0 saturated heterocycles. The summed E-state index contributed by atoms with van der Waals surface area (Å²) in [6.45, 7) is 1.93. The van der Waals surface area contributed by atoms with Gasteiger partial charge in [-0.3, -0.25) is 4.79 Å². The minimum Gasteiger partial charge on any atom is -0.504 e. The van der Waals surface area contributed by atoms with E-state index in [1.54, 1.807) is 12.1 Å². The van der Waals surface area contributed by atoms with E-state index in [2.05, 4.69) is 10.5 Å². The maximum absolute atomic E-state index is 11.8. The lowest BCUT2D eigenvalue weighted by Crippen LogP contribution is -2.17. The number of amides is 1. The summed E-state index contributed by atoms with van der Waals surface area (Å²) >= 11 is 5.71. The summed E-state index contributed by atoms with van der Waals surface area (Å²) in [6.07, 6.45) is 1.32. The number of nitrogens with one attached hydrogen (secondary N) is 1. The quantitative estimate of drug-likeness (QED) is 0.463. The molecule has 0 aliphatic carbocycles. The van der Waals surface area contributed by atoms with Gasteiger partial charge in [0.05, 0.1) is 11.2 Å². The van der Waals surface area contributed by atoms with Gasteiger partial charge in [-0.05, 0) is 36.8 Å². The van der Waals surface area contributed by atoms with E-state index in [1.807, 2.05) is 19.1 Å². The van der Waals surface area contributed by atoms with Crippen molar-refractivity contribution in [1.29, 1.82) is 0 Å². The smallest absolute Gasteiger partial charge is 0.271 e. The van der Waals surface area contributed by atoms with Gasteiger partial charge in [-0.2, -0.15) is 5.10 Å². The van der Waals surface area contributed by atoms with Gasteiger partial charge >= 0.3 is 0 Å². The van der Waals surface area contributed by atoms with Crippen molar-refractivity contribution in [3.8, 4) is 11.5 Å². The van der Waals surface area contributed by atoms with E-state index in [9.17, 15) is 15.0 Å². The second kappa shape index (κ2) is 6.28. The molecule has 0 aromatic heterocycles. The molecule has 0 bridgehead atoms. The first-order valence-electron chi connectivity index (χ1n) is 6.09. The molecule has 0 unspecified atom stereocenters. The van der Waals surface area contributed by atoms with Gasteiger partial charge < -0.3 is 10.2 Å². The van der Waals surface area contributed by atoms with Crippen molar-refractivity contribution in [2.24, 2.45) is 5.10 Å². The molecule has 2 rings (SSSR count). The van der Waals surface area contributed by atoms with Crippen LogP contribution < -0.4 is 5.43 Å². The van der Waals surface area contributed by atoms with Gasteiger partial charge in [-0.1, -0.05) is 29.3 Å². The minimum absolute atomic E-state index is 0.00121. The van der Waals surface area contributed by atoms with Crippen LogP contribution >= 0.6 is 11.6 Å². The molecule has 0 saturated carbocycles. The van der Waals surface area contributed by atoms with Crippen LogP contribution in [0.5, 0.6) is 11.5 Å². The van der Waals surface area contributed by atoms with Crippen molar-refractivity contribution in [2.75, 3.05) is 0 Å². The number of carbonyl (C=O) groups excluding carboxylic acids is 1. The molecule has 0 fully saturated rings. The molecule has 0 spiro atoms. The van der Waals surface area contributed by atoms with Crippen LogP contribution in [0, 0.1) is 6.92 Å². The average Bonchev–Trinajstić information content (AvgIpc) is 2.45. The Morgan fingerprint density at radius 1 is 1.24 bits per heavy atom. The minimum atomic E-state index is -0.391. The summed E-state index contributed by atoms with van der Waals surface area (Å²) < 4.78 is 0. The van der Waals surface area contributed by atoms with Crippen LogP contribution in [0.3, 0.4) is 0 Å². The summed E-state index contributed by atoms with van der Waals surface area (Å²) in [5, 5.41) is 22.5. The number of aromatic hydroxyl groups is 2. The fourth-order valence-corrected chi connectivity index (χ4v) is 1.84. The zero-order chi connectivity index (χ0) is 15.4. The Hall–Kier alpha value is -2.53. The molecule has 0 aliphatic heterocycles. The van der Waals surface area contributed by atoms with Crippen LogP contribution in [0.15, 0.2) is 41.5 Å². The van der Waals surface area contributed by atoms with Crippen LogP contribution in [0.4, 0.5) is 0 Å². The van der Waals surface area contributed by atoms with Crippen LogP contribution in [0.25, 0.3) is 0 Å². The van der Waals surface area contributed by atoms with Gasteiger partial charge in [0.15, 0.2) is 11.5 Å². The molecule has 0 aliphatic rings. The monoisotopic (exact) mass is 304 g/mol. The second-order valence-electron chi connectivity index (χ2n) is 4.44. The number of benzene rings is 2. The lowest BCUT2D eigenvalue weighted by Gasteiger charge is -2.02. The number of phenolic OH excluding ortho intramolecular Hbond substituents is 2. The number of hydrogen-bond donors (Lipinski definition) is 3. The highest BCUT2D eigenvalue weighted by atomic mass is 35.5. The van der Waals surface area contributed by atoms with Crippen molar-refractivity contribution in [2.45, 2.75) is 6.92 Å². The van der Waals surface area contributed by atoms with Gasteiger partial charge in [0.2, 0.25) is 0 Å². The van der Waals surface area contributed by atoms with Crippen LogP contribution in [-0.4, -0.2) is 22.3 Å². The average molecular weight is 305 g/mol. The van der Waals surface area contributed by atoms with Crippen molar-refractivity contribution in [3.63, 3.8) is 0 Å². The van der Waals surface area contributed by atoms with E-state index in [0.717, 1.165) is 5.56 Å². The molecular formula is C15H13ClN2O3. The molecule has 0 radical (unpaired) electrons. The summed E-state index contributed by atoms with van der Waals surface area (Å²) in [7, 11) is 0. The summed E-state index contributed by atoms with van der Waals surface area (Å²) in [5.41, 5.74) is 4.36. The zero-order valence-corrected chi connectivity index (χ0v) is 11.9. The standard InChI is InChI=1S/C15H13ClN2O3/c1-9-2-4-11(5-3-9)15(21)18-17-8-10-6-12(16)14(20)13(19)7-10/h2-8,19-20H,1H3,(H,18,21)/b17-8+. The highest BCUT2D eigenvalue weighted by molar-refractivity contribution is 6.32. The van der Waals surface area contributed by atoms with Crippen LogP contribution in [0.1, 0.15) is 21.5 Å². The summed E-state index contributed by atoms with van der Waals surface area (Å²) in [4.78, 5) is 11.8. The molecule has 0 heterocycles. The first-order chi connectivity index (χ1) is 9.97. The predicted octanol–water partition coefficient (Wildman–Crippen LogP) is 2.82. The fraction of sp³-hybridized carbons (Fsp3) is 0.0667. The third-order valence-electron chi connectivity index (χ3n) is 2.76. The largest absolute Gasteiger partial charge is 0.504 e. The van der Waals surface area contributed by atoms with Crippen molar-refractivity contribution in [1.82, 2.24) is 5.43 Å². The highest BCUT2D eigenvalue weighted by Crippen LogP contribution is 2.33. The number of hydrazone groups is 1. The molecule has 5 nitrogen and oxygen atoms in total. The first kappa shape index (κ1) is 14.9. The van der Waals surface area contributed by atoms with Gasteiger partial charge in [-0.15, -0.1) is 0 Å². The molecule has 108 valence electrons. The fourth-order valence-electron chi connectivity index (χ4n) is 1.61. The van der Waals surface area contributed by atoms with Gasteiger partial charge in [0.25, 0.3) is 5.91 Å². The lowest BCUT2D eigenvalue weighted by atomic mass is 10.1. The molecule has 21 heavy (non-hydrogen) atoms. The van der Waals surface area contributed by atoms with Crippen molar-refractivity contribution >= 4 is 23.7 Å². The Kier molecular flexibility index (Phi) is 4.45. The predicted molar refractivity (Wildman–Crippen MR) is 81.0 cm³/mol. The van der Waals surface area contributed by atoms with Gasteiger partial charge in [-0.25, -0.2) is 5.43 Å². The Labute approximate surface area is 126 Å². The maximum atomic E-state index is 11.8. The lowest BCUT2D eigenvalue weighted by molar-refractivity contribution is 0.0955. The zero-order valence-electron chi connectivity index (χ0n) is 11.2. The first-order valence-corrected chi connectivity index (χ1v) is 6.46. The van der Waals surface area contributed by atoms with Gasteiger partial charge in [0, 0.05) is 5.56 Å². The second-order valence-corrected chi connectivity index (χ2v) is 4.84. The normalized spacial score (nSPS) is 10.8. The Morgan fingerprint density at radius 3 is 2.52 bits per heavy atom. The third-order valence-corrected chi connectivity index (χ3v) is 3.05. The SMILES string of the molecule is Cc1ccc(C(=O)N/N=C/c2cc(O)c(O)c(Cl)c2)cc1. The van der Waals surface area contributed by atoms with E-state index in [4.69, 9.17) is 11.6 Å². The number of carbonyl (C=O) groups is 1. The van der Waals surface area contributed by atoms with E-state index in [-0.39, 0.29) is 16.7 Å². The Balaban J connectivity index is 2.05. The molecule has 2 aromatic rings. The molecule has 2 aromatic carbocycles. The number of halogens is 1. The molecule has 6 heteroatoms.